The number of rotatable bonds is 2. The Hall–Kier alpha value is -1.24. The van der Waals surface area contributed by atoms with E-state index in [9.17, 15) is 61.5 Å². The van der Waals surface area contributed by atoms with Gasteiger partial charge in [-0.2, -0.15) is 52.7 Å². The zero-order valence-electron chi connectivity index (χ0n) is 11.3. The van der Waals surface area contributed by atoms with Crippen molar-refractivity contribution in [2.75, 3.05) is 0 Å². The molecule has 14 heteroatoms. The number of hydrogen-bond donors (Lipinski definition) is 0. The second kappa shape index (κ2) is 5.64. The molecule has 0 aromatic heterocycles. The lowest BCUT2D eigenvalue weighted by molar-refractivity contribution is -0.337. The van der Waals surface area contributed by atoms with Crippen LogP contribution in [0.1, 0.15) is 13.8 Å². The van der Waals surface area contributed by atoms with E-state index < -0.39 is 61.0 Å². The van der Waals surface area contributed by atoms with Crippen molar-refractivity contribution in [1.29, 1.82) is 0 Å². The second-order valence-electron chi connectivity index (χ2n) is 4.65. The first-order chi connectivity index (χ1) is 10.0. The summed E-state index contributed by atoms with van der Waals surface area (Å²) in [5.74, 6) is 0. The topological polar surface area (TPSA) is 0 Å². The van der Waals surface area contributed by atoms with Crippen LogP contribution in [0.5, 0.6) is 0 Å². The molecule has 0 rings (SSSR count). The van der Waals surface area contributed by atoms with E-state index in [0.29, 0.717) is 0 Å². The molecule has 0 bridgehead atoms. The van der Waals surface area contributed by atoms with Crippen LogP contribution in [0.25, 0.3) is 0 Å². The third-order valence-electron chi connectivity index (χ3n) is 2.93. The van der Waals surface area contributed by atoms with Crippen LogP contribution in [0.4, 0.5) is 61.5 Å². The van der Waals surface area contributed by atoms with Gasteiger partial charge in [0.15, 0.2) is 0 Å². The molecule has 0 saturated heterocycles. The van der Waals surface area contributed by atoms with Crippen LogP contribution >= 0.6 is 0 Å². The first-order valence-electron chi connectivity index (χ1n) is 5.40. The van der Waals surface area contributed by atoms with Gasteiger partial charge in [-0.1, -0.05) is 0 Å². The van der Waals surface area contributed by atoms with Gasteiger partial charge in [-0.3, -0.25) is 0 Å². The summed E-state index contributed by atoms with van der Waals surface area (Å²) < 4.78 is 177. The van der Waals surface area contributed by atoms with Crippen molar-refractivity contribution in [3.8, 4) is 0 Å². The highest BCUT2D eigenvalue weighted by atomic mass is 19.4. The number of hydrogen-bond acceptors (Lipinski definition) is 0. The Labute approximate surface area is 124 Å². The smallest absolute Gasteiger partial charge is 0.229 e. The standard InChI is InChI=1S/C10H6F14/c1-3(7(13,14)15)4(5(2,11)8(16,17)18)6(12,9(19,20)21)10(22,23)24/h1-2H3/b4-3+. The van der Waals surface area contributed by atoms with Gasteiger partial charge in [-0.05, 0) is 13.8 Å². The summed E-state index contributed by atoms with van der Waals surface area (Å²) in [6, 6.07) is 0. The minimum absolute atomic E-state index is 0.718. The minimum Gasteiger partial charge on any atom is -0.229 e. The van der Waals surface area contributed by atoms with E-state index in [1.54, 1.807) is 0 Å². The van der Waals surface area contributed by atoms with Crippen LogP contribution in [0.2, 0.25) is 0 Å². The highest BCUT2D eigenvalue weighted by Gasteiger charge is 2.80. The van der Waals surface area contributed by atoms with E-state index in [-0.39, 0.29) is 0 Å². The molecule has 0 aliphatic rings. The van der Waals surface area contributed by atoms with Crippen molar-refractivity contribution in [2.24, 2.45) is 0 Å². The molecule has 0 spiro atoms. The molecular weight excluding hydrogens is 386 g/mol. The SMILES string of the molecule is C/C(=C(/C(C)(F)C(F)(F)F)C(F)(C(F)(F)F)C(F)(F)F)C(F)(F)F. The lowest BCUT2D eigenvalue weighted by Crippen LogP contribution is -2.61. The Morgan fingerprint density at radius 2 is 0.833 bits per heavy atom. The normalized spacial score (nSPS) is 19.0. The van der Waals surface area contributed by atoms with E-state index in [2.05, 4.69) is 0 Å². The van der Waals surface area contributed by atoms with E-state index >= 15 is 0 Å². The summed E-state index contributed by atoms with van der Waals surface area (Å²) in [5.41, 5.74) is -20.7. The maximum Gasteiger partial charge on any atom is 0.435 e. The molecule has 0 aromatic carbocycles. The zero-order valence-corrected chi connectivity index (χ0v) is 11.3. The van der Waals surface area contributed by atoms with Crippen molar-refractivity contribution < 1.29 is 61.5 Å². The molecule has 0 aliphatic carbocycles. The third-order valence-corrected chi connectivity index (χ3v) is 2.93. The van der Waals surface area contributed by atoms with Crippen LogP contribution in [0.15, 0.2) is 11.1 Å². The number of allylic oxidation sites excluding steroid dienone is 2. The van der Waals surface area contributed by atoms with Crippen LogP contribution in [-0.4, -0.2) is 36.0 Å². The van der Waals surface area contributed by atoms with Crippen LogP contribution < -0.4 is 0 Å². The molecular formula is C10H6F14. The molecule has 0 heterocycles. The van der Waals surface area contributed by atoms with Crippen molar-refractivity contribution in [2.45, 2.75) is 49.9 Å². The molecule has 1 unspecified atom stereocenters. The molecule has 0 saturated carbocycles. The molecule has 144 valence electrons. The maximum atomic E-state index is 13.7. The summed E-state index contributed by atoms with van der Waals surface area (Å²) in [6.45, 7) is -1.78. The van der Waals surface area contributed by atoms with E-state index in [1.165, 1.54) is 0 Å². The summed E-state index contributed by atoms with van der Waals surface area (Å²) >= 11 is 0. The Kier molecular flexibility index (Phi) is 5.35. The predicted octanol–water partition coefficient (Wildman–Crippen LogP) is 5.99. The lowest BCUT2D eigenvalue weighted by Gasteiger charge is -2.39. The fraction of sp³-hybridized carbons (Fsp3) is 0.800. The molecule has 24 heavy (non-hydrogen) atoms. The summed E-state index contributed by atoms with van der Waals surface area (Å²) in [5, 5.41) is 0. The van der Waals surface area contributed by atoms with E-state index in [0.717, 1.165) is 0 Å². The number of alkyl halides is 14. The Morgan fingerprint density at radius 3 is 1.00 bits per heavy atom. The summed E-state index contributed by atoms with van der Waals surface area (Å²) in [6.07, 6.45) is -27.7. The molecule has 1 atom stereocenters. The predicted molar refractivity (Wildman–Crippen MR) is 50.3 cm³/mol. The van der Waals surface area contributed by atoms with Gasteiger partial charge in [0.05, 0.1) is 0 Å². The van der Waals surface area contributed by atoms with E-state index in [4.69, 9.17) is 0 Å². The van der Waals surface area contributed by atoms with Crippen LogP contribution in [0, 0.1) is 0 Å². The fourth-order valence-electron chi connectivity index (χ4n) is 1.66. The average Bonchev–Trinajstić information content (AvgIpc) is 2.22. The Balaban J connectivity index is 7.26. The molecule has 0 amide bonds. The summed E-state index contributed by atoms with van der Waals surface area (Å²) in [4.78, 5) is 0. The number of halogens is 14. The van der Waals surface area contributed by atoms with Gasteiger partial charge < -0.3 is 0 Å². The van der Waals surface area contributed by atoms with Gasteiger partial charge in [0, 0.05) is 11.1 Å². The van der Waals surface area contributed by atoms with Crippen LogP contribution in [0.3, 0.4) is 0 Å². The maximum absolute atomic E-state index is 13.7. The first kappa shape index (κ1) is 22.8. The largest absolute Gasteiger partial charge is 0.435 e. The van der Waals surface area contributed by atoms with Crippen molar-refractivity contribution in [3.05, 3.63) is 11.1 Å². The van der Waals surface area contributed by atoms with Gasteiger partial charge >= 0.3 is 30.4 Å². The van der Waals surface area contributed by atoms with Crippen LogP contribution in [-0.2, 0) is 0 Å². The molecule has 0 aliphatic heterocycles. The van der Waals surface area contributed by atoms with Gasteiger partial charge in [-0.25, -0.2) is 8.78 Å². The lowest BCUT2D eigenvalue weighted by atomic mass is 9.79. The van der Waals surface area contributed by atoms with Gasteiger partial charge in [0.25, 0.3) is 0 Å². The second-order valence-corrected chi connectivity index (χ2v) is 4.65. The fourth-order valence-corrected chi connectivity index (χ4v) is 1.66. The molecule has 0 aromatic rings. The highest BCUT2D eigenvalue weighted by molar-refractivity contribution is 5.39. The zero-order chi connectivity index (χ0) is 20.2. The molecule has 0 nitrogen and oxygen atoms in total. The Morgan fingerprint density at radius 1 is 0.542 bits per heavy atom. The monoisotopic (exact) mass is 392 g/mol. The third kappa shape index (κ3) is 3.55. The molecule has 0 N–H and O–H groups in total. The van der Waals surface area contributed by atoms with E-state index in [1.807, 2.05) is 0 Å². The van der Waals surface area contributed by atoms with Gasteiger partial charge in [0.2, 0.25) is 5.67 Å². The van der Waals surface area contributed by atoms with Crippen molar-refractivity contribution >= 4 is 0 Å². The van der Waals surface area contributed by atoms with Gasteiger partial charge in [0.1, 0.15) is 0 Å². The average molecular weight is 392 g/mol. The first-order valence-corrected chi connectivity index (χ1v) is 5.40. The van der Waals surface area contributed by atoms with Crippen molar-refractivity contribution in [3.63, 3.8) is 0 Å². The van der Waals surface area contributed by atoms with Gasteiger partial charge in [-0.15, -0.1) is 0 Å². The molecule has 0 radical (unpaired) electrons. The summed E-state index contributed by atoms with van der Waals surface area (Å²) in [7, 11) is 0. The Bertz CT molecular complexity index is 480. The quantitative estimate of drug-likeness (QED) is 0.400. The minimum atomic E-state index is -7.36. The van der Waals surface area contributed by atoms with Crippen molar-refractivity contribution in [1.82, 2.24) is 0 Å². The molecule has 0 fully saturated rings. The highest BCUT2D eigenvalue weighted by Crippen LogP contribution is 2.58.